The lowest BCUT2D eigenvalue weighted by Crippen LogP contribution is -2.36. The highest BCUT2D eigenvalue weighted by molar-refractivity contribution is 5.94. The van der Waals surface area contributed by atoms with Gasteiger partial charge in [-0.25, -0.2) is 0 Å². The first-order valence-corrected chi connectivity index (χ1v) is 7.33. The second-order valence-corrected chi connectivity index (χ2v) is 5.66. The summed E-state index contributed by atoms with van der Waals surface area (Å²) >= 11 is 0. The smallest absolute Gasteiger partial charge is 0.251 e. The van der Waals surface area contributed by atoms with E-state index in [0.717, 1.165) is 24.1 Å². The van der Waals surface area contributed by atoms with E-state index in [9.17, 15) is 4.79 Å². The number of nitrogens with zero attached hydrogens (tertiary/aromatic N) is 1. The number of benzene rings is 2. The van der Waals surface area contributed by atoms with Gasteiger partial charge >= 0.3 is 0 Å². The van der Waals surface area contributed by atoms with E-state index in [0.29, 0.717) is 0 Å². The maximum atomic E-state index is 12.4. The monoisotopic (exact) mass is 280 g/mol. The number of para-hydroxylation sites is 1. The molecule has 3 heteroatoms. The highest BCUT2D eigenvalue weighted by Crippen LogP contribution is 2.32. The Morgan fingerprint density at radius 3 is 2.62 bits per heavy atom. The fraction of sp³-hybridized carbons (Fsp3) is 0.278. The van der Waals surface area contributed by atoms with Crippen LogP contribution in [-0.2, 0) is 0 Å². The molecule has 108 valence electrons. The number of carbonyl (C=O) groups is 1. The Kier molecular flexibility index (Phi) is 3.65. The third-order valence-electron chi connectivity index (χ3n) is 4.10. The number of hydrogen-bond acceptors (Lipinski definition) is 2. The Bertz CT molecular complexity index is 649. The first-order chi connectivity index (χ1) is 10.1. The molecule has 0 saturated carbocycles. The fourth-order valence-electron chi connectivity index (χ4n) is 2.82. The second-order valence-electron chi connectivity index (χ2n) is 5.66. The van der Waals surface area contributed by atoms with Crippen LogP contribution in [-0.4, -0.2) is 19.5 Å². The molecule has 1 atom stereocenters. The third-order valence-corrected chi connectivity index (χ3v) is 4.10. The normalized spacial score (nSPS) is 17.2. The summed E-state index contributed by atoms with van der Waals surface area (Å²) < 4.78 is 0. The third kappa shape index (κ3) is 2.77. The van der Waals surface area contributed by atoms with Gasteiger partial charge in [0.15, 0.2) is 0 Å². The molecule has 2 aromatic rings. The molecule has 21 heavy (non-hydrogen) atoms. The van der Waals surface area contributed by atoms with E-state index in [1.54, 1.807) is 0 Å². The van der Waals surface area contributed by atoms with Crippen molar-refractivity contribution in [2.75, 3.05) is 18.5 Å². The van der Waals surface area contributed by atoms with Crippen LogP contribution in [0.25, 0.3) is 0 Å². The summed E-state index contributed by atoms with van der Waals surface area (Å²) in [4.78, 5) is 14.6. The molecular weight excluding hydrogens is 260 g/mol. The zero-order valence-corrected chi connectivity index (χ0v) is 12.5. The molecule has 0 aromatic heterocycles. The molecule has 0 spiro atoms. The Hall–Kier alpha value is -2.29. The van der Waals surface area contributed by atoms with Crippen molar-refractivity contribution in [3.63, 3.8) is 0 Å². The summed E-state index contributed by atoms with van der Waals surface area (Å²) in [5.41, 5.74) is 4.29. The van der Waals surface area contributed by atoms with E-state index in [4.69, 9.17) is 0 Å². The Morgan fingerprint density at radius 1 is 1.14 bits per heavy atom. The second kappa shape index (κ2) is 5.60. The van der Waals surface area contributed by atoms with Crippen LogP contribution in [0.15, 0.2) is 48.5 Å². The number of rotatable bonds is 2. The number of hydrogen-bond donors (Lipinski definition) is 1. The van der Waals surface area contributed by atoms with Crippen LogP contribution in [0.2, 0.25) is 0 Å². The van der Waals surface area contributed by atoms with E-state index in [-0.39, 0.29) is 11.9 Å². The van der Waals surface area contributed by atoms with Crippen molar-refractivity contribution in [3.05, 3.63) is 65.2 Å². The van der Waals surface area contributed by atoms with Crippen molar-refractivity contribution >= 4 is 11.6 Å². The first kappa shape index (κ1) is 13.7. The Morgan fingerprint density at radius 2 is 1.86 bits per heavy atom. The van der Waals surface area contributed by atoms with E-state index < -0.39 is 0 Å². The van der Waals surface area contributed by atoms with Crippen LogP contribution >= 0.6 is 0 Å². The maximum Gasteiger partial charge on any atom is 0.251 e. The van der Waals surface area contributed by atoms with E-state index in [2.05, 4.69) is 29.4 Å². The fourth-order valence-corrected chi connectivity index (χ4v) is 2.82. The van der Waals surface area contributed by atoms with Gasteiger partial charge < -0.3 is 10.2 Å². The molecule has 1 aliphatic heterocycles. The highest BCUT2D eigenvalue weighted by Gasteiger charge is 2.24. The Labute approximate surface area is 125 Å². The van der Waals surface area contributed by atoms with E-state index >= 15 is 0 Å². The molecule has 0 bridgehead atoms. The van der Waals surface area contributed by atoms with Crippen molar-refractivity contribution in [2.24, 2.45) is 0 Å². The van der Waals surface area contributed by atoms with Crippen LogP contribution in [0, 0.1) is 6.92 Å². The van der Waals surface area contributed by atoms with Gasteiger partial charge in [-0.2, -0.15) is 0 Å². The molecule has 1 unspecified atom stereocenters. The average Bonchev–Trinajstić information content (AvgIpc) is 2.51. The minimum atomic E-state index is -0.000596. The van der Waals surface area contributed by atoms with Gasteiger partial charge in [-0.15, -0.1) is 0 Å². The number of aryl methyl sites for hydroxylation is 1. The van der Waals surface area contributed by atoms with Gasteiger partial charge in [0.25, 0.3) is 5.91 Å². The van der Waals surface area contributed by atoms with Crippen molar-refractivity contribution in [1.29, 1.82) is 0 Å². The van der Waals surface area contributed by atoms with Gasteiger partial charge in [0, 0.05) is 24.8 Å². The van der Waals surface area contributed by atoms with Gasteiger partial charge in [0.1, 0.15) is 0 Å². The van der Waals surface area contributed by atoms with Gasteiger partial charge in [0.05, 0.1) is 6.04 Å². The van der Waals surface area contributed by atoms with Gasteiger partial charge in [-0.05, 0) is 37.1 Å². The predicted octanol–water partition coefficient (Wildman–Crippen LogP) is 3.31. The molecular formula is C18H20N2O. The lowest BCUT2D eigenvalue weighted by Gasteiger charge is -2.33. The van der Waals surface area contributed by atoms with Crippen molar-refractivity contribution in [1.82, 2.24) is 5.32 Å². The van der Waals surface area contributed by atoms with Crippen LogP contribution in [0.1, 0.15) is 33.9 Å². The Balaban J connectivity index is 1.81. The molecule has 0 radical (unpaired) electrons. The standard InChI is InChI=1S/C18H20N2O/c1-13-7-9-14(10-8-13)18(21)19-16-11-12-20(2)17-6-4-3-5-15(16)17/h3-10,16H,11-12H2,1-2H3,(H,19,21). The predicted molar refractivity (Wildman–Crippen MR) is 85.7 cm³/mol. The first-order valence-electron chi connectivity index (χ1n) is 7.33. The molecule has 1 amide bonds. The summed E-state index contributed by atoms with van der Waals surface area (Å²) in [7, 11) is 2.09. The highest BCUT2D eigenvalue weighted by atomic mass is 16.1. The molecule has 3 rings (SSSR count). The lowest BCUT2D eigenvalue weighted by atomic mass is 9.96. The van der Waals surface area contributed by atoms with Crippen LogP contribution in [0.5, 0.6) is 0 Å². The molecule has 0 fully saturated rings. The number of fused-ring (bicyclic) bond motifs is 1. The lowest BCUT2D eigenvalue weighted by molar-refractivity contribution is 0.0934. The number of nitrogens with one attached hydrogen (secondary N) is 1. The van der Waals surface area contributed by atoms with Gasteiger partial charge in [0.2, 0.25) is 0 Å². The summed E-state index contributed by atoms with van der Waals surface area (Å²) in [5, 5.41) is 3.17. The molecule has 1 N–H and O–H groups in total. The number of amides is 1. The zero-order valence-electron chi connectivity index (χ0n) is 12.5. The van der Waals surface area contributed by atoms with Crippen LogP contribution in [0.4, 0.5) is 5.69 Å². The van der Waals surface area contributed by atoms with Crippen molar-refractivity contribution < 1.29 is 4.79 Å². The summed E-state index contributed by atoms with van der Waals surface area (Å²) in [6.07, 6.45) is 0.936. The van der Waals surface area contributed by atoms with E-state index in [1.807, 2.05) is 43.3 Å². The minimum Gasteiger partial charge on any atom is -0.374 e. The quantitative estimate of drug-likeness (QED) is 0.915. The minimum absolute atomic E-state index is 0.000596. The van der Waals surface area contributed by atoms with Gasteiger partial charge in [-0.1, -0.05) is 35.9 Å². The van der Waals surface area contributed by atoms with Crippen LogP contribution < -0.4 is 10.2 Å². The SMILES string of the molecule is Cc1ccc(C(=O)NC2CCN(C)c3ccccc32)cc1. The van der Waals surface area contributed by atoms with Crippen LogP contribution in [0.3, 0.4) is 0 Å². The van der Waals surface area contributed by atoms with Crippen molar-refractivity contribution in [2.45, 2.75) is 19.4 Å². The zero-order chi connectivity index (χ0) is 14.8. The summed E-state index contributed by atoms with van der Waals surface area (Å²) in [6, 6.07) is 16.1. The van der Waals surface area contributed by atoms with Gasteiger partial charge in [-0.3, -0.25) is 4.79 Å². The maximum absolute atomic E-state index is 12.4. The molecule has 0 saturated heterocycles. The largest absolute Gasteiger partial charge is 0.374 e. The van der Waals surface area contributed by atoms with E-state index in [1.165, 1.54) is 11.3 Å². The summed E-state index contributed by atoms with van der Waals surface area (Å²) in [6.45, 7) is 2.98. The topological polar surface area (TPSA) is 32.3 Å². The molecule has 0 aliphatic carbocycles. The number of carbonyl (C=O) groups excluding carboxylic acids is 1. The molecule has 1 heterocycles. The number of anilines is 1. The average molecular weight is 280 g/mol. The summed E-state index contributed by atoms with van der Waals surface area (Å²) in [5.74, 6) is -0.000596. The molecule has 2 aromatic carbocycles. The van der Waals surface area contributed by atoms with Crippen molar-refractivity contribution in [3.8, 4) is 0 Å². The molecule has 1 aliphatic rings. The molecule has 3 nitrogen and oxygen atoms in total.